The first-order valence-electron chi connectivity index (χ1n) is 7.56. The fourth-order valence-corrected chi connectivity index (χ4v) is 2.98. The van der Waals surface area contributed by atoms with Gasteiger partial charge in [0.2, 0.25) is 0 Å². The van der Waals surface area contributed by atoms with Crippen molar-refractivity contribution in [3.63, 3.8) is 0 Å². The highest BCUT2D eigenvalue weighted by molar-refractivity contribution is 7.15. The highest BCUT2D eigenvalue weighted by atomic mass is 32.1. The molecule has 0 spiro atoms. The summed E-state index contributed by atoms with van der Waals surface area (Å²) in [6.07, 6.45) is 3.33. The van der Waals surface area contributed by atoms with Crippen molar-refractivity contribution < 1.29 is 4.74 Å². The van der Waals surface area contributed by atoms with Crippen molar-refractivity contribution in [2.75, 3.05) is 6.54 Å². The predicted octanol–water partition coefficient (Wildman–Crippen LogP) is 4.66. The third-order valence-electron chi connectivity index (χ3n) is 3.12. The molecule has 1 heterocycles. The van der Waals surface area contributed by atoms with E-state index >= 15 is 0 Å². The Labute approximate surface area is 131 Å². The van der Waals surface area contributed by atoms with Gasteiger partial charge in [-0.05, 0) is 58.0 Å². The normalized spacial score (nSPS) is 12.6. The lowest BCUT2D eigenvalue weighted by Crippen LogP contribution is -2.18. The third kappa shape index (κ3) is 4.55. The molecule has 1 N–H and O–H groups in total. The molecule has 0 aliphatic carbocycles. The maximum Gasteiger partial charge on any atom is 0.123 e. The molecule has 0 saturated heterocycles. The molecule has 21 heavy (non-hydrogen) atoms. The van der Waals surface area contributed by atoms with Gasteiger partial charge in [-0.1, -0.05) is 6.92 Å². The number of nitrogens with zero attached hydrogens (tertiary/aromatic N) is 1. The Kier molecular flexibility index (Phi) is 5.76. The molecule has 2 aromatic rings. The van der Waals surface area contributed by atoms with Crippen molar-refractivity contribution in [3.8, 4) is 16.3 Å². The Morgan fingerprint density at radius 3 is 2.52 bits per heavy atom. The number of nitrogens with one attached hydrogen (secondary N) is 1. The van der Waals surface area contributed by atoms with Crippen LogP contribution >= 0.6 is 11.3 Å². The van der Waals surface area contributed by atoms with Gasteiger partial charge in [0.05, 0.1) is 6.10 Å². The maximum absolute atomic E-state index is 5.67. The summed E-state index contributed by atoms with van der Waals surface area (Å²) in [6.45, 7) is 9.47. The van der Waals surface area contributed by atoms with Gasteiger partial charge in [0.25, 0.3) is 0 Å². The molecular weight excluding hydrogens is 280 g/mol. The van der Waals surface area contributed by atoms with Crippen LogP contribution in [0, 0.1) is 0 Å². The van der Waals surface area contributed by atoms with E-state index in [0.717, 1.165) is 29.3 Å². The zero-order valence-corrected chi connectivity index (χ0v) is 14.0. The van der Waals surface area contributed by atoms with Gasteiger partial charge in [0.15, 0.2) is 0 Å². The SMILES string of the molecule is CCCNC(C)c1cnc(-c2ccc(OC(C)C)cc2)s1. The van der Waals surface area contributed by atoms with Crippen LogP contribution in [-0.2, 0) is 0 Å². The number of ether oxygens (including phenoxy) is 1. The number of hydrogen-bond donors (Lipinski definition) is 1. The molecule has 2 rings (SSSR count). The van der Waals surface area contributed by atoms with Crippen LogP contribution in [-0.4, -0.2) is 17.6 Å². The first-order chi connectivity index (χ1) is 10.1. The highest BCUT2D eigenvalue weighted by Gasteiger charge is 2.10. The minimum Gasteiger partial charge on any atom is -0.491 e. The topological polar surface area (TPSA) is 34.2 Å². The lowest BCUT2D eigenvalue weighted by Gasteiger charge is -2.10. The second-order valence-electron chi connectivity index (χ2n) is 5.43. The molecule has 114 valence electrons. The fraction of sp³-hybridized carbons (Fsp3) is 0.471. The van der Waals surface area contributed by atoms with Crippen LogP contribution < -0.4 is 10.1 Å². The van der Waals surface area contributed by atoms with E-state index in [9.17, 15) is 0 Å². The molecule has 0 radical (unpaired) electrons. The summed E-state index contributed by atoms with van der Waals surface area (Å²) in [7, 11) is 0. The van der Waals surface area contributed by atoms with Gasteiger partial charge in [0.1, 0.15) is 10.8 Å². The van der Waals surface area contributed by atoms with Crippen molar-refractivity contribution in [2.45, 2.75) is 46.3 Å². The molecule has 3 nitrogen and oxygen atoms in total. The zero-order valence-electron chi connectivity index (χ0n) is 13.2. The van der Waals surface area contributed by atoms with Crippen LogP contribution in [0.4, 0.5) is 0 Å². The van der Waals surface area contributed by atoms with E-state index in [1.807, 2.05) is 32.2 Å². The lowest BCUT2D eigenvalue weighted by molar-refractivity contribution is 0.242. The minimum atomic E-state index is 0.202. The van der Waals surface area contributed by atoms with Gasteiger partial charge in [0, 0.05) is 22.7 Å². The van der Waals surface area contributed by atoms with Crippen LogP contribution in [0.3, 0.4) is 0 Å². The molecule has 4 heteroatoms. The van der Waals surface area contributed by atoms with E-state index in [1.54, 1.807) is 11.3 Å². The Morgan fingerprint density at radius 2 is 1.90 bits per heavy atom. The molecule has 1 aromatic carbocycles. The van der Waals surface area contributed by atoms with Crippen molar-refractivity contribution >= 4 is 11.3 Å². The summed E-state index contributed by atoms with van der Waals surface area (Å²) in [4.78, 5) is 5.82. The van der Waals surface area contributed by atoms with Crippen molar-refractivity contribution in [2.24, 2.45) is 0 Å². The smallest absolute Gasteiger partial charge is 0.123 e. The Hall–Kier alpha value is -1.39. The predicted molar refractivity (Wildman–Crippen MR) is 90.0 cm³/mol. The zero-order chi connectivity index (χ0) is 15.2. The lowest BCUT2D eigenvalue weighted by atomic mass is 10.2. The van der Waals surface area contributed by atoms with Gasteiger partial charge < -0.3 is 10.1 Å². The molecule has 1 atom stereocenters. The van der Waals surface area contributed by atoms with E-state index in [-0.39, 0.29) is 6.10 Å². The van der Waals surface area contributed by atoms with Crippen LogP contribution in [0.15, 0.2) is 30.5 Å². The summed E-state index contributed by atoms with van der Waals surface area (Å²) >= 11 is 1.75. The first kappa shape index (κ1) is 16.0. The third-order valence-corrected chi connectivity index (χ3v) is 4.35. The van der Waals surface area contributed by atoms with Gasteiger partial charge in [-0.2, -0.15) is 0 Å². The van der Waals surface area contributed by atoms with E-state index in [1.165, 1.54) is 4.88 Å². The summed E-state index contributed by atoms with van der Waals surface area (Å²) in [6, 6.07) is 8.53. The van der Waals surface area contributed by atoms with Crippen molar-refractivity contribution in [1.29, 1.82) is 0 Å². The molecular formula is C17H24N2OS. The number of aromatic nitrogens is 1. The second-order valence-corrected chi connectivity index (χ2v) is 6.50. The molecule has 1 aromatic heterocycles. The minimum absolute atomic E-state index is 0.202. The summed E-state index contributed by atoms with van der Waals surface area (Å²) in [5, 5.41) is 4.56. The van der Waals surface area contributed by atoms with Crippen molar-refractivity contribution in [1.82, 2.24) is 10.3 Å². The average Bonchev–Trinajstić information content (AvgIpc) is 2.95. The van der Waals surface area contributed by atoms with E-state index in [4.69, 9.17) is 4.74 Å². The molecule has 0 aliphatic rings. The summed E-state index contributed by atoms with van der Waals surface area (Å²) < 4.78 is 5.67. The summed E-state index contributed by atoms with van der Waals surface area (Å²) in [5.74, 6) is 0.906. The molecule has 0 amide bonds. The van der Waals surface area contributed by atoms with E-state index < -0.39 is 0 Å². The number of rotatable bonds is 7. The number of thiazole rings is 1. The monoisotopic (exact) mass is 304 g/mol. The fourth-order valence-electron chi connectivity index (χ4n) is 2.03. The summed E-state index contributed by atoms with van der Waals surface area (Å²) in [5.41, 5.74) is 1.14. The molecule has 0 saturated carbocycles. The second kappa shape index (κ2) is 7.57. The highest BCUT2D eigenvalue weighted by Crippen LogP contribution is 2.29. The Morgan fingerprint density at radius 1 is 1.19 bits per heavy atom. The largest absolute Gasteiger partial charge is 0.491 e. The van der Waals surface area contributed by atoms with Crippen LogP contribution in [0.1, 0.15) is 45.0 Å². The number of benzene rings is 1. The number of hydrogen-bond acceptors (Lipinski definition) is 4. The van der Waals surface area contributed by atoms with Gasteiger partial charge in [-0.15, -0.1) is 11.3 Å². The molecule has 1 unspecified atom stereocenters. The maximum atomic E-state index is 5.67. The van der Waals surface area contributed by atoms with Crippen LogP contribution in [0.5, 0.6) is 5.75 Å². The van der Waals surface area contributed by atoms with E-state index in [2.05, 4.69) is 36.3 Å². The molecule has 0 bridgehead atoms. The average molecular weight is 304 g/mol. The quantitative estimate of drug-likeness (QED) is 0.808. The Bertz CT molecular complexity index is 548. The van der Waals surface area contributed by atoms with E-state index in [0.29, 0.717) is 6.04 Å². The Balaban J connectivity index is 2.06. The standard InChI is InChI=1S/C17H24N2OS/c1-5-10-18-13(4)16-11-19-17(21-16)14-6-8-15(9-7-14)20-12(2)3/h6-9,11-13,18H,5,10H2,1-4H3. The van der Waals surface area contributed by atoms with Gasteiger partial charge in [-0.3, -0.25) is 0 Å². The molecule has 0 fully saturated rings. The van der Waals surface area contributed by atoms with Crippen LogP contribution in [0.25, 0.3) is 10.6 Å². The molecule has 0 aliphatic heterocycles. The van der Waals surface area contributed by atoms with Gasteiger partial charge >= 0.3 is 0 Å². The first-order valence-corrected chi connectivity index (χ1v) is 8.38. The van der Waals surface area contributed by atoms with Crippen molar-refractivity contribution in [3.05, 3.63) is 35.3 Å². The van der Waals surface area contributed by atoms with Crippen LogP contribution in [0.2, 0.25) is 0 Å². The van der Waals surface area contributed by atoms with Gasteiger partial charge in [-0.25, -0.2) is 4.98 Å².